The van der Waals surface area contributed by atoms with Gasteiger partial charge in [-0.1, -0.05) is 51.1 Å². The van der Waals surface area contributed by atoms with Gasteiger partial charge in [-0.3, -0.25) is 9.59 Å². The predicted octanol–water partition coefficient (Wildman–Crippen LogP) is 3.58. The highest BCUT2D eigenvalue weighted by molar-refractivity contribution is 5.78. The molecule has 0 heterocycles. The summed E-state index contributed by atoms with van der Waals surface area (Å²) in [4.78, 5) is 23.2. The van der Waals surface area contributed by atoms with Crippen LogP contribution in [0.25, 0.3) is 0 Å². The molecule has 1 aromatic rings. The Balaban J connectivity index is 2.56. The van der Waals surface area contributed by atoms with Gasteiger partial charge in [0.15, 0.2) is 0 Å². The molecular formula is C18H27NO3. The lowest BCUT2D eigenvalue weighted by Gasteiger charge is -2.33. The molecule has 0 aromatic heterocycles. The van der Waals surface area contributed by atoms with Crippen LogP contribution in [0.1, 0.15) is 58.4 Å². The molecule has 122 valence electrons. The highest BCUT2D eigenvalue weighted by Gasteiger charge is 2.32. The number of rotatable bonds is 8. The van der Waals surface area contributed by atoms with Crippen molar-refractivity contribution in [1.82, 2.24) is 5.32 Å². The smallest absolute Gasteiger partial charge is 0.305 e. The normalized spacial score (nSPS) is 15.1. The number of aliphatic carboxylic acids is 1. The summed E-state index contributed by atoms with van der Waals surface area (Å²) >= 11 is 0. The number of benzene rings is 1. The summed E-state index contributed by atoms with van der Waals surface area (Å²) < 4.78 is 0. The third-order valence-corrected chi connectivity index (χ3v) is 4.39. The fourth-order valence-corrected chi connectivity index (χ4v) is 2.38. The van der Waals surface area contributed by atoms with E-state index in [1.54, 1.807) is 6.92 Å². The molecule has 0 saturated heterocycles. The van der Waals surface area contributed by atoms with E-state index in [2.05, 4.69) is 24.4 Å². The molecule has 2 N–H and O–H groups in total. The molecule has 0 bridgehead atoms. The van der Waals surface area contributed by atoms with Crippen LogP contribution in [0, 0.1) is 5.92 Å². The molecule has 4 nitrogen and oxygen atoms in total. The van der Waals surface area contributed by atoms with Crippen molar-refractivity contribution in [3.05, 3.63) is 35.9 Å². The third-order valence-electron chi connectivity index (χ3n) is 4.39. The van der Waals surface area contributed by atoms with E-state index in [0.717, 1.165) is 6.42 Å². The largest absolute Gasteiger partial charge is 0.481 e. The molecule has 1 amide bonds. The van der Waals surface area contributed by atoms with E-state index < -0.39 is 11.5 Å². The van der Waals surface area contributed by atoms with Crippen LogP contribution in [0.15, 0.2) is 30.3 Å². The van der Waals surface area contributed by atoms with Crippen LogP contribution in [0.3, 0.4) is 0 Å². The van der Waals surface area contributed by atoms with E-state index >= 15 is 0 Å². The van der Waals surface area contributed by atoms with Crippen LogP contribution in [-0.2, 0) is 9.59 Å². The number of carboxylic acids is 1. The molecule has 0 spiro atoms. The maximum absolute atomic E-state index is 12.2. The number of hydrogen-bond donors (Lipinski definition) is 2. The first-order valence-corrected chi connectivity index (χ1v) is 7.82. The first-order valence-electron chi connectivity index (χ1n) is 7.82. The van der Waals surface area contributed by atoms with Crippen LogP contribution in [0.5, 0.6) is 0 Å². The molecule has 2 unspecified atom stereocenters. The molecule has 0 aliphatic heterocycles. The zero-order valence-electron chi connectivity index (χ0n) is 13.9. The van der Waals surface area contributed by atoms with Crippen molar-refractivity contribution in [2.24, 2.45) is 5.92 Å². The summed E-state index contributed by atoms with van der Waals surface area (Å²) in [5.41, 5.74) is 0.506. The summed E-state index contributed by atoms with van der Waals surface area (Å²) in [7, 11) is 0. The van der Waals surface area contributed by atoms with E-state index in [1.165, 1.54) is 5.56 Å². The second-order valence-corrected chi connectivity index (χ2v) is 6.54. The lowest BCUT2D eigenvalue weighted by molar-refractivity contribution is -0.139. The Morgan fingerprint density at radius 3 is 2.27 bits per heavy atom. The highest BCUT2D eigenvalue weighted by atomic mass is 16.4. The number of carboxylic acid groups (broad SMARTS) is 1. The monoisotopic (exact) mass is 305 g/mol. The van der Waals surface area contributed by atoms with Crippen LogP contribution in [0.2, 0.25) is 0 Å². The van der Waals surface area contributed by atoms with Gasteiger partial charge in [0.25, 0.3) is 0 Å². The van der Waals surface area contributed by atoms with Gasteiger partial charge in [-0.05, 0) is 30.7 Å². The van der Waals surface area contributed by atoms with E-state index in [9.17, 15) is 9.59 Å². The lowest BCUT2D eigenvalue weighted by Crippen LogP contribution is -2.51. The van der Waals surface area contributed by atoms with E-state index in [4.69, 9.17) is 5.11 Å². The van der Waals surface area contributed by atoms with Crippen molar-refractivity contribution in [1.29, 1.82) is 0 Å². The Hall–Kier alpha value is -1.84. The Kier molecular flexibility index (Phi) is 6.60. The summed E-state index contributed by atoms with van der Waals surface area (Å²) in [5.74, 6) is -0.620. The molecule has 1 aromatic carbocycles. The number of carbonyl (C=O) groups is 2. The zero-order chi connectivity index (χ0) is 16.8. The Morgan fingerprint density at radius 1 is 1.18 bits per heavy atom. The molecule has 2 atom stereocenters. The Morgan fingerprint density at radius 2 is 1.77 bits per heavy atom. The number of nitrogens with one attached hydrogen (secondary N) is 1. The predicted molar refractivity (Wildman–Crippen MR) is 87.7 cm³/mol. The van der Waals surface area contributed by atoms with Gasteiger partial charge in [0.1, 0.15) is 0 Å². The third kappa shape index (κ3) is 5.51. The first kappa shape index (κ1) is 18.2. The van der Waals surface area contributed by atoms with Crippen molar-refractivity contribution in [3.63, 3.8) is 0 Å². The van der Waals surface area contributed by atoms with Crippen LogP contribution in [-0.4, -0.2) is 22.5 Å². The highest BCUT2D eigenvalue weighted by Crippen LogP contribution is 2.23. The fraction of sp³-hybridized carbons (Fsp3) is 0.556. The van der Waals surface area contributed by atoms with Crippen LogP contribution < -0.4 is 5.32 Å². The quantitative estimate of drug-likeness (QED) is 0.771. The average molecular weight is 305 g/mol. The van der Waals surface area contributed by atoms with Gasteiger partial charge in [0, 0.05) is 12.0 Å². The number of hydrogen-bond acceptors (Lipinski definition) is 2. The second kappa shape index (κ2) is 7.97. The number of amides is 1. The van der Waals surface area contributed by atoms with Gasteiger partial charge < -0.3 is 10.4 Å². The summed E-state index contributed by atoms with van der Waals surface area (Å²) in [6.07, 6.45) is 1.08. The maximum atomic E-state index is 12.2. The first-order chi connectivity index (χ1) is 10.2. The van der Waals surface area contributed by atoms with Crippen molar-refractivity contribution < 1.29 is 14.7 Å². The van der Waals surface area contributed by atoms with Gasteiger partial charge >= 0.3 is 5.97 Å². The maximum Gasteiger partial charge on any atom is 0.305 e. The molecule has 0 aliphatic carbocycles. The lowest BCUT2D eigenvalue weighted by atomic mass is 9.85. The van der Waals surface area contributed by atoms with Crippen molar-refractivity contribution >= 4 is 11.9 Å². The second-order valence-electron chi connectivity index (χ2n) is 6.54. The van der Waals surface area contributed by atoms with Crippen molar-refractivity contribution in [2.45, 2.75) is 58.4 Å². The van der Waals surface area contributed by atoms with Gasteiger partial charge in [-0.15, -0.1) is 0 Å². The fourth-order valence-electron chi connectivity index (χ4n) is 2.38. The molecule has 1 rings (SSSR count). The molecule has 22 heavy (non-hydrogen) atoms. The van der Waals surface area contributed by atoms with Gasteiger partial charge in [0.2, 0.25) is 5.91 Å². The molecular weight excluding hydrogens is 278 g/mol. The Labute approximate surface area is 132 Å². The van der Waals surface area contributed by atoms with E-state index in [1.807, 2.05) is 32.0 Å². The van der Waals surface area contributed by atoms with Crippen LogP contribution in [0.4, 0.5) is 0 Å². The minimum Gasteiger partial charge on any atom is -0.481 e. The number of carbonyl (C=O) groups excluding carboxylic acids is 1. The molecule has 0 saturated carbocycles. The van der Waals surface area contributed by atoms with Crippen LogP contribution >= 0.6 is 0 Å². The molecule has 0 fully saturated rings. The van der Waals surface area contributed by atoms with E-state index in [0.29, 0.717) is 12.3 Å². The van der Waals surface area contributed by atoms with Crippen molar-refractivity contribution in [2.75, 3.05) is 0 Å². The molecule has 0 radical (unpaired) electrons. The van der Waals surface area contributed by atoms with Gasteiger partial charge in [-0.2, -0.15) is 0 Å². The topological polar surface area (TPSA) is 66.4 Å². The standard InChI is InChI=1S/C18H27NO3/c1-13(2)18(4,12-17(21)22)19-16(20)11-10-14(3)15-8-6-5-7-9-15/h5-9,13-14H,10-12H2,1-4H3,(H,19,20)(H,21,22). The van der Waals surface area contributed by atoms with Crippen molar-refractivity contribution in [3.8, 4) is 0 Å². The minimum absolute atomic E-state index is 0.0547. The molecule has 0 aliphatic rings. The summed E-state index contributed by atoms with van der Waals surface area (Å²) in [6, 6.07) is 10.1. The Bertz CT molecular complexity index is 498. The SMILES string of the molecule is CC(CCC(=O)NC(C)(CC(=O)O)C(C)C)c1ccccc1. The van der Waals surface area contributed by atoms with E-state index in [-0.39, 0.29) is 18.2 Å². The zero-order valence-corrected chi connectivity index (χ0v) is 13.9. The average Bonchev–Trinajstić information content (AvgIpc) is 2.44. The molecule has 4 heteroatoms. The summed E-state index contributed by atoms with van der Waals surface area (Å²) in [6.45, 7) is 7.75. The minimum atomic E-state index is -0.894. The van der Waals surface area contributed by atoms with Gasteiger partial charge in [0.05, 0.1) is 6.42 Å². The summed E-state index contributed by atoms with van der Waals surface area (Å²) in [5, 5.41) is 11.9. The van der Waals surface area contributed by atoms with Gasteiger partial charge in [-0.25, -0.2) is 0 Å².